The zero-order chi connectivity index (χ0) is 13.5. The summed E-state index contributed by atoms with van der Waals surface area (Å²) in [6.45, 7) is 2.09. The molecule has 104 valence electrons. The van der Waals surface area contributed by atoms with E-state index in [2.05, 4.69) is 24.4 Å². The summed E-state index contributed by atoms with van der Waals surface area (Å²) in [6.07, 6.45) is 8.32. The summed E-state index contributed by atoms with van der Waals surface area (Å²) in [5.74, 6) is 0.213. The van der Waals surface area contributed by atoms with Crippen LogP contribution in [0.2, 0.25) is 0 Å². The lowest BCUT2D eigenvalue weighted by Crippen LogP contribution is -2.37. The molecule has 2 rings (SSSR count). The zero-order valence-corrected chi connectivity index (χ0v) is 11.9. The Bertz CT molecular complexity index is 380. The maximum absolute atomic E-state index is 12.4. The second kappa shape index (κ2) is 7.32. The molecule has 0 radical (unpaired) electrons. The normalized spacial score (nSPS) is 18.6. The van der Waals surface area contributed by atoms with Crippen molar-refractivity contribution in [2.45, 2.75) is 63.8 Å². The molecule has 2 heteroatoms. The lowest BCUT2D eigenvalue weighted by Gasteiger charge is -2.21. The first-order chi connectivity index (χ1) is 9.31. The summed E-state index contributed by atoms with van der Waals surface area (Å²) in [5, 5.41) is 3.27. The standard InChI is InChI=1S/C17H25NO/c1-2-16(14-10-6-5-7-11-14)17(19)18-15-12-8-3-4-9-13-15/h5-7,10-11,15-16H,2-4,8-9,12-13H2,1H3,(H,18,19)/t16-/m0/s1. The third-order valence-corrected chi connectivity index (χ3v) is 4.13. The molecule has 1 aromatic carbocycles. The van der Waals surface area contributed by atoms with Gasteiger partial charge in [-0.25, -0.2) is 0 Å². The molecule has 0 unspecified atom stereocenters. The second-order valence-electron chi connectivity index (χ2n) is 5.57. The predicted molar refractivity (Wildman–Crippen MR) is 79.1 cm³/mol. The Morgan fingerprint density at radius 2 is 1.79 bits per heavy atom. The highest BCUT2D eigenvalue weighted by atomic mass is 16.1. The quantitative estimate of drug-likeness (QED) is 0.813. The lowest BCUT2D eigenvalue weighted by molar-refractivity contribution is -0.123. The first-order valence-electron chi connectivity index (χ1n) is 7.66. The van der Waals surface area contributed by atoms with E-state index in [9.17, 15) is 4.79 Å². The molecule has 2 nitrogen and oxygen atoms in total. The van der Waals surface area contributed by atoms with Crippen LogP contribution in [0, 0.1) is 0 Å². The second-order valence-corrected chi connectivity index (χ2v) is 5.57. The molecular formula is C17H25NO. The van der Waals surface area contributed by atoms with Gasteiger partial charge in [-0.2, -0.15) is 0 Å². The third-order valence-electron chi connectivity index (χ3n) is 4.13. The minimum Gasteiger partial charge on any atom is -0.353 e. The lowest BCUT2D eigenvalue weighted by atomic mass is 9.95. The third kappa shape index (κ3) is 4.09. The van der Waals surface area contributed by atoms with Crippen LogP contribution in [-0.2, 0) is 4.79 Å². The van der Waals surface area contributed by atoms with E-state index in [4.69, 9.17) is 0 Å². The average Bonchev–Trinajstić information content (AvgIpc) is 2.69. The minimum atomic E-state index is 0.00412. The summed E-state index contributed by atoms with van der Waals surface area (Å²) < 4.78 is 0. The van der Waals surface area contributed by atoms with E-state index in [-0.39, 0.29) is 11.8 Å². The Hall–Kier alpha value is -1.31. The summed E-state index contributed by atoms with van der Waals surface area (Å²) in [4.78, 5) is 12.4. The van der Waals surface area contributed by atoms with Crippen molar-refractivity contribution >= 4 is 5.91 Å². The molecule has 1 atom stereocenters. The molecule has 1 saturated carbocycles. The molecular weight excluding hydrogens is 234 g/mol. The number of rotatable bonds is 4. The van der Waals surface area contributed by atoms with Crippen molar-refractivity contribution in [3.05, 3.63) is 35.9 Å². The van der Waals surface area contributed by atoms with Gasteiger partial charge in [-0.15, -0.1) is 0 Å². The summed E-state index contributed by atoms with van der Waals surface area (Å²) in [7, 11) is 0. The maximum Gasteiger partial charge on any atom is 0.227 e. The van der Waals surface area contributed by atoms with Crippen LogP contribution in [0.3, 0.4) is 0 Å². The molecule has 0 aromatic heterocycles. The SMILES string of the molecule is CC[C@H](C(=O)NC1CCCCCC1)c1ccccc1. The number of carbonyl (C=O) groups excluding carboxylic acids is 1. The molecule has 1 amide bonds. The number of amides is 1. The van der Waals surface area contributed by atoms with Gasteiger partial charge in [-0.1, -0.05) is 62.9 Å². The van der Waals surface area contributed by atoms with E-state index in [0.717, 1.165) is 24.8 Å². The van der Waals surface area contributed by atoms with Gasteiger partial charge in [-0.3, -0.25) is 4.79 Å². The Kier molecular flexibility index (Phi) is 5.44. The fourth-order valence-electron chi connectivity index (χ4n) is 2.98. The molecule has 1 aromatic rings. The number of benzene rings is 1. The Balaban J connectivity index is 1.96. The summed E-state index contributed by atoms with van der Waals surface area (Å²) in [5.41, 5.74) is 1.14. The van der Waals surface area contributed by atoms with E-state index in [1.807, 2.05) is 18.2 Å². The van der Waals surface area contributed by atoms with Crippen molar-refractivity contribution in [3.8, 4) is 0 Å². The van der Waals surface area contributed by atoms with Crippen LogP contribution in [0.4, 0.5) is 0 Å². The number of hydrogen-bond donors (Lipinski definition) is 1. The smallest absolute Gasteiger partial charge is 0.227 e. The van der Waals surface area contributed by atoms with Crippen LogP contribution in [0.1, 0.15) is 63.4 Å². The van der Waals surface area contributed by atoms with Crippen LogP contribution < -0.4 is 5.32 Å². The van der Waals surface area contributed by atoms with Gasteiger partial charge >= 0.3 is 0 Å². The van der Waals surface area contributed by atoms with Gasteiger partial charge in [0.2, 0.25) is 5.91 Å². The van der Waals surface area contributed by atoms with Crippen molar-refractivity contribution in [1.82, 2.24) is 5.32 Å². The molecule has 0 bridgehead atoms. The highest BCUT2D eigenvalue weighted by Crippen LogP contribution is 2.22. The topological polar surface area (TPSA) is 29.1 Å². The molecule has 0 heterocycles. The summed E-state index contributed by atoms with van der Waals surface area (Å²) in [6, 6.07) is 10.5. The molecule has 1 aliphatic carbocycles. The first-order valence-corrected chi connectivity index (χ1v) is 7.66. The van der Waals surface area contributed by atoms with Crippen molar-refractivity contribution in [2.24, 2.45) is 0 Å². The monoisotopic (exact) mass is 259 g/mol. The van der Waals surface area contributed by atoms with E-state index in [0.29, 0.717) is 6.04 Å². The molecule has 0 spiro atoms. The maximum atomic E-state index is 12.4. The largest absolute Gasteiger partial charge is 0.353 e. The van der Waals surface area contributed by atoms with E-state index < -0.39 is 0 Å². The van der Waals surface area contributed by atoms with Crippen LogP contribution in [0.25, 0.3) is 0 Å². The number of nitrogens with one attached hydrogen (secondary N) is 1. The minimum absolute atomic E-state index is 0.00412. The van der Waals surface area contributed by atoms with Crippen molar-refractivity contribution in [1.29, 1.82) is 0 Å². The van der Waals surface area contributed by atoms with Crippen LogP contribution >= 0.6 is 0 Å². The number of carbonyl (C=O) groups is 1. The van der Waals surface area contributed by atoms with E-state index >= 15 is 0 Å². The predicted octanol–water partition coefficient (Wildman–Crippen LogP) is 4.02. The van der Waals surface area contributed by atoms with Crippen LogP contribution in [0.15, 0.2) is 30.3 Å². The molecule has 1 fully saturated rings. The first kappa shape index (κ1) is 14.1. The molecule has 1 aliphatic rings. The van der Waals surface area contributed by atoms with Gasteiger partial charge < -0.3 is 5.32 Å². The number of hydrogen-bond acceptors (Lipinski definition) is 1. The van der Waals surface area contributed by atoms with E-state index in [1.54, 1.807) is 0 Å². The Morgan fingerprint density at radius 1 is 1.16 bits per heavy atom. The summed E-state index contributed by atoms with van der Waals surface area (Å²) >= 11 is 0. The van der Waals surface area contributed by atoms with Gasteiger partial charge in [0.1, 0.15) is 0 Å². The molecule has 19 heavy (non-hydrogen) atoms. The van der Waals surface area contributed by atoms with Gasteiger partial charge in [0.25, 0.3) is 0 Å². The van der Waals surface area contributed by atoms with Crippen molar-refractivity contribution in [3.63, 3.8) is 0 Å². The Morgan fingerprint density at radius 3 is 2.37 bits per heavy atom. The molecule has 0 saturated heterocycles. The highest BCUT2D eigenvalue weighted by Gasteiger charge is 2.21. The van der Waals surface area contributed by atoms with Crippen molar-refractivity contribution < 1.29 is 4.79 Å². The molecule has 0 aliphatic heterocycles. The van der Waals surface area contributed by atoms with Crippen LogP contribution in [0.5, 0.6) is 0 Å². The Labute approximate surface area is 116 Å². The van der Waals surface area contributed by atoms with Gasteiger partial charge in [0.05, 0.1) is 5.92 Å². The fourth-order valence-corrected chi connectivity index (χ4v) is 2.98. The van der Waals surface area contributed by atoms with E-state index in [1.165, 1.54) is 25.7 Å². The van der Waals surface area contributed by atoms with Gasteiger partial charge in [-0.05, 0) is 24.8 Å². The van der Waals surface area contributed by atoms with Crippen molar-refractivity contribution in [2.75, 3.05) is 0 Å². The van der Waals surface area contributed by atoms with Crippen LogP contribution in [-0.4, -0.2) is 11.9 Å². The van der Waals surface area contributed by atoms with Gasteiger partial charge in [0.15, 0.2) is 0 Å². The zero-order valence-electron chi connectivity index (χ0n) is 11.9. The average molecular weight is 259 g/mol. The molecule has 1 N–H and O–H groups in total. The fraction of sp³-hybridized carbons (Fsp3) is 0.588. The van der Waals surface area contributed by atoms with Gasteiger partial charge in [0, 0.05) is 6.04 Å². The highest BCUT2D eigenvalue weighted by molar-refractivity contribution is 5.83.